The highest BCUT2D eigenvalue weighted by Crippen LogP contribution is 2.11. The molecule has 124 valence electrons. The molecule has 0 radical (unpaired) electrons. The molecule has 0 spiro atoms. The van der Waals surface area contributed by atoms with Crippen molar-refractivity contribution in [3.8, 4) is 0 Å². The van der Waals surface area contributed by atoms with E-state index in [0.717, 1.165) is 17.8 Å². The second kappa shape index (κ2) is 6.44. The number of carbonyl (C=O) groups is 1. The van der Waals surface area contributed by atoms with Gasteiger partial charge in [-0.1, -0.05) is 20.3 Å². The SMILES string of the molecule is CC[C@H](C)[C@H](NS(=O)(=O)c1cn(C)c(=O)n(C)c1=O)C(=O)O. The van der Waals surface area contributed by atoms with Gasteiger partial charge in [-0.25, -0.2) is 13.2 Å². The Morgan fingerprint density at radius 2 is 1.91 bits per heavy atom. The number of rotatable bonds is 6. The molecule has 0 aliphatic heterocycles. The van der Waals surface area contributed by atoms with Gasteiger partial charge in [0.15, 0.2) is 4.90 Å². The van der Waals surface area contributed by atoms with Gasteiger partial charge >= 0.3 is 11.7 Å². The number of aromatic nitrogens is 2. The minimum absolute atomic E-state index is 0.435. The number of carboxylic acid groups (broad SMARTS) is 1. The Kier molecular flexibility index (Phi) is 5.30. The van der Waals surface area contributed by atoms with Crippen LogP contribution in [-0.4, -0.2) is 34.7 Å². The summed E-state index contributed by atoms with van der Waals surface area (Å²) >= 11 is 0. The first-order valence-electron chi connectivity index (χ1n) is 6.54. The maximum atomic E-state index is 12.3. The summed E-state index contributed by atoms with van der Waals surface area (Å²) in [6.45, 7) is 3.31. The zero-order valence-electron chi connectivity index (χ0n) is 12.7. The van der Waals surface area contributed by atoms with Crippen LogP contribution in [0.25, 0.3) is 0 Å². The van der Waals surface area contributed by atoms with Crippen molar-refractivity contribution in [3.63, 3.8) is 0 Å². The van der Waals surface area contributed by atoms with E-state index < -0.39 is 44.1 Å². The first kappa shape index (κ1) is 18.1. The van der Waals surface area contributed by atoms with Gasteiger partial charge in [0, 0.05) is 20.3 Å². The number of nitrogens with zero attached hydrogens (tertiary/aromatic N) is 2. The summed E-state index contributed by atoms with van der Waals surface area (Å²) in [6, 6.07) is -1.36. The molecule has 2 N–H and O–H groups in total. The minimum atomic E-state index is -4.38. The van der Waals surface area contributed by atoms with Crippen LogP contribution in [0.4, 0.5) is 0 Å². The van der Waals surface area contributed by atoms with Crippen molar-refractivity contribution < 1.29 is 18.3 Å². The Bertz CT molecular complexity index is 792. The van der Waals surface area contributed by atoms with Gasteiger partial charge in [0.1, 0.15) is 6.04 Å². The zero-order chi connectivity index (χ0) is 17.2. The summed E-state index contributed by atoms with van der Waals surface area (Å²) in [7, 11) is -1.93. The highest BCUT2D eigenvalue weighted by molar-refractivity contribution is 7.89. The fraction of sp³-hybridized carbons (Fsp3) is 0.583. The molecule has 0 saturated carbocycles. The Balaban J connectivity index is 3.40. The van der Waals surface area contributed by atoms with Gasteiger partial charge in [0.05, 0.1) is 0 Å². The summed E-state index contributed by atoms with van der Waals surface area (Å²) in [6.07, 6.45) is 1.31. The van der Waals surface area contributed by atoms with E-state index in [1.165, 1.54) is 7.05 Å². The molecule has 1 rings (SSSR count). The highest BCUT2D eigenvalue weighted by Gasteiger charge is 2.31. The summed E-state index contributed by atoms with van der Waals surface area (Å²) in [5.41, 5.74) is -1.69. The molecule has 0 fully saturated rings. The van der Waals surface area contributed by atoms with Crippen molar-refractivity contribution in [1.82, 2.24) is 13.9 Å². The van der Waals surface area contributed by atoms with Crippen molar-refractivity contribution in [2.75, 3.05) is 0 Å². The van der Waals surface area contributed by atoms with E-state index >= 15 is 0 Å². The molecule has 0 aromatic carbocycles. The second-order valence-electron chi connectivity index (χ2n) is 5.07. The van der Waals surface area contributed by atoms with Crippen LogP contribution in [0.15, 0.2) is 20.7 Å². The maximum absolute atomic E-state index is 12.3. The lowest BCUT2D eigenvalue weighted by Gasteiger charge is -2.20. The van der Waals surface area contributed by atoms with Gasteiger partial charge in [-0.05, 0) is 5.92 Å². The molecule has 2 atom stereocenters. The molecule has 0 bridgehead atoms. The Hall–Kier alpha value is -1.94. The fourth-order valence-electron chi connectivity index (χ4n) is 1.84. The topological polar surface area (TPSA) is 127 Å². The van der Waals surface area contributed by atoms with Gasteiger partial charge in [-0.3, -0.25) is 14.2 Å². The third-order valence-corrected chi connectivity index (χ3v) is 4.89. The van der Waals surface area contributed by atoms with E-state index in [9.17, 15) is 22.8 Å². The maximum Gasteiger partial charge on any atom is 0.330 e. The number of sulfonamides is 1. The van der Waals surface area contributed by atoms with Gasteiger partial charge in [-0.2, -0.15) is 4.72 Å². The average molecular weight is 333 g/mol. The van der Waals surface area contributed by atoms with Crippen LogP contribution in [0.5, 0.6) is 0 Å². The quantitative estimate of drug-likeness (QED) is 0.677. The number of aliphatic carboxylic acids is 1. The predicted octanol–water partition coefficient (Wildman–Crippen LogP) is -1.14. The summed E-state index contributed by atoms with van der Waals surface area (Å²) < 4.78 is 28.2. The van der Waals surface area contributed by atoms with Crippen LogP contribution in [-0.2, 0) is 28.9 Å². The zero-order valence-corrected chi connectivity index (χ0v) is 13.5. The van der Waals surface area contributed by atoms with Crippen molar-refractivity contribution in [1.29, 1.82) is 0 Å². The van der Waals surface area contributed by atoms with Crippen molar-refractivity contribution in [3.05, 3.63) is 27.0 Å². The number of aryl methyl sites for hydroxylation is 1. The standard InChI is InChI=1S/C12H19N3O6S/c1-5-7(2)9(11(17)18)13-22(20,21)8-6-14(3)12(19)15(4)10(8)16/h6-7,9,13H,5H2,1-4H3,(H,17,18)/t7-,9-/m0/s1. The van der Waals surface area contributed by atoms with E-state index in [-0.39, 0.29) is 0 Å². The summed E-state index contributed by atoms with van der Waals surface area (Å²) in [4.78, 5) is 34.1. The smallest absolute Gasteiger partial charge is 0.330 e. The molecule has 0 unspecified atom stereocenters. The predicted molar refractivity (Wildman–Crippen MR) is 78.1 cm³/mol. The largest absolute Gasteiger partial charge is 0.480 e. The number of nitrogens with one attached hydrogen (secondary N) is 1. The first-order valence-corrected chi connectivity index (χ1v) is 8.03. The molecule has 0 aliphatic rings. The van der Waals surface area contributed by atoms with Gasteiger partial charge < -0.3 is 9.67 Å². The Morgan fingerprint density at radius 3 is 2.36 bits per heavy atom. The van der Waals surface area contributed by atoms with Crippen molar-refractivity contribution in [2.45, 2.75) is 31.2 Å². The fourth-order valence-corrected chi connectivity index (χ4v) is 3.29. The second-order valence-corrected chi connectivity index (χ2v) is 6.76. The van der Waals surface area contributed by atoms with Gasteiger partial charge in [0.2, 0.25) is 10.0 Å². The van der Waals surface area contributed by atoms with Crippen LogP contribution < -0.4 is 16.0 Å². The number of hydrogen-bond donors (Lipinski definition) is 2. The third-order valence-electron chi connectivity index (χ3n) is 3.47. The lowest BCUT2D eigenvalue weighted by Crippen LogP contribution is -2.48. The van der Waals surface area contributed by atoms with E-state index in [2.05, 4.69) is 0 Å². The molecule has 0 amide bonds. The van der Waals surface area contributed by atoms with E-state index in [1.807, 2.05) is 4.72 Å². The monoisotopic (exact) mass is 333 g/mol. The summed E-state index contributed by atoms with van der Waals surface area (Å²) in [5.74, 6) is -1.80. The van der Waals surface area contributed by atoms with Crippen molar-refractivity contribution >= 4 is 16.0 Å². The van der Waals surface area contributed by atoms with Crippen LogP contribution in [0.2, 0.25) is 0 Å². The first-order chi connectivity index (χ1) is 10.0. The number of carboxylic acids is 1. The lowest BCUT2D eigenvalue weighted by atomic mass is 10.0. The molecule has 1 heterocycles. The van der Waals surface area contributed by atoms with E-state index in [0.29, 0.717) is 11.0 Å². The molecule has 0 saturated heterocycles. The van der Waals surface area contributed by atoms with Gasteiger partial charge in [0.25, 0.3) is 5.56 Å². The Labute approximate surface area is 127 Å². The highest BCUT2D eigenvalue weighted by atomic mass is 32.2. The van der Waals surface area contributed by atoms with Crippen LogP contribution >= 0.6 is 0 Å². The van der Waals surface area contributed by atoms with Crippen LogP contribution in [0.1, 0.15) is 20.3 Å². The number of hydrogen-bond acceptors (Lipinski definition) is 5. The van der Waals surface area contributed by atoms with Gasteiger partial charge in [-0.15, -0.1) is 0 Å². The molecule has 0 aliphatic carbocycles. The van der Waals surface area contributed by atoms with E-state index in [1.54, 1.807) is 13.8 Å². The molecule has 1 aromatic heterocycles. The molecular weight excluding hydrogens is 314 g/mol. The summed E-state index contributed by atoms with van der Waals surface area (Å²) in [5, 5.41) is 9.14. The van der Waals surface area contributed by atoms with Crippen LogP contribution in [0.3, 0.4) is 0 Å². The average Bonchev–Trinajstić information content (AvgIpc) is 2.45. The normalized spacial score (nSPS) is 14.5. The molecule has 10 heteroatoms. The Morgan fingerprint density at radius 1 is 1.36 bits per heavy atom. The van der Waals surface area contributed by atoms with Crippen LogP contribution in [0, 0.1) is 5.92 Å². The molecule has 9 nitrogen and oxygen atoms in total. The third kappa shape index (κ3) is 3.45. The molecule has 1 aromatic rings. The van der Waals surface area contributed by atoms with E-state index in [4.69, 9.17) is 5.11 Å². The minimum Gasteiger partial charge on any atom is -0.480 e. The lowest BCUT2D eigenvalue weighted by molar-refractivity contribution is -0.140. The van der Waals surface area contributed by atoms with Crippen molar-refractivity contribution in [2.24, 2.45) is 20.0 Å². The molecule has 22 heavy (non-hydrogen) atoms. The molecular formula is C12H19N3O6S.